The molecule has 5 heteroatoms. The number of aromatic amines is 1. The van der Waals surface area contributed by atoms with Crippen LogP contribution in [0.25, 0.3) is 10.9 Å². The molecule has 0 aliphatic rings. The number of hydrogen-bond donors (Lipinski definition) is 5. The second-order valence-corrected chi connectivity index (χ2v) is 3.35. The average Bonchev–Trinajstić information content (AvgIpc) is 2.65. The zero-order chi connectivity index (χ0) is 10.8. The highest BCUT2D eigenvalue weighted by Gasteiger charge is 2.08. The normalized spacial score (nSPS) is 10.7. The van der Waals surface area contributed by atoms with Crippen molar-refractivity contribution in [2.75, 3.05) is 29.9 Å². The number of rotatable bonds is 3. The zero-order valence-electron chi connectivity index (χ0n) is 8.25. The van der Waals surface area contributed by atoms with Crippen LogP contribution in [-0.4, -0.2) is 23.2 Å². The quantitative estimate of drug-likeness (QED) is 0.478. The van der Waals surface area contributed by atoms with Gasteiger partial charge in [0.2, 0.25) is 0 Å². The summed E-state index contributed by atoms with van der Waals surface area (Å²) in [5.41, 5.74) is 14.7. The van der Waals surface area contributed by atoms with E-state index in [1.54, 1.807) is 18.3 Å². The molecule has 0 saturated heterocycles. The van der Waals surface area contributed by atoms with Crippen molar-refractivity contribution in [3.8, 4) is 0 Å². The van der Waals surface area contributed by atoms with Crippen LogP contribution >= 0.6 is 0 Å². The highest BCUT2D eigenvalue weighted by molar-refractivity contribution is 6.06. The van der Waals surface area contributed by atoms with Crippen LogP contribution in [0.15, 0.2) is 18.3 Å². The number of aromatic nitrogens is 1. The van der Waals surface area contributed by atoms with Crippen LogP contribution in [0.1, 0.15) is 0 Å². The summed E-state index contributed by atoms with van der Waals surface area (Å²) in [6.45, 7) is 0.566. The largest absolute Gasteiger partial charge is 0.398 e. The number of benzene rings is 1. The van der Waals surface area contributed by atoms with Gasteiger partial charge in [0.1, 0.15) is 0 Å². The summed E-state index contributed by atoms with van der Waals surface area (Å²) in [4.78, 5) is 3.06. The lowest BCUT2D eigenvalue weighted by molar-refractivity contribution is 0.311. The van der Waals surface area contributed by atoms with Crippen molar-refractivity contribution in [3.05, 3.63) is 18.3 Å². The van der Waals surface area contributed by atoms with Gasteiger partial charge < -0.3 is 26.9 Å². The molecule has 0 radical (unpaired) electrons. The molecule has 0 spiro atoms. The first-order valence-corrected chi connectivity index (χ1v) is 4.74. The van der Waals surface area contributed by atoms with Gasteiger partial charge in [-0.2, -0.15) is 0 Å². The maximum Gasteiger partial charge on any atom is 0.0730 e. The van der Waals surface area contributed by atoms with Crippen molar-refractivity contribution in [1.82, 2.24) is 4.98 Å². The van der Waals surface area contributed by atoms with Gasteiger partial charge in [-0.3, -0.25) is 0 Å². The van der Waals surface area contributed by atoms with E-state index in [-0.39, 0.29) is 6.61 Å². The second kappa shape index (κ2) is 3.70. The van der Waals surface area contributed by atoms with Gasteiger partial charge >= 0.3 is 0 Å². The van der Waals surface area contributed by atoms with Crippen molar-refractivity contribution < 1.29 is 5.11 Å². The third-order valence-corrected chi connectivity index (χ3v) is 2.33. The van der Waals surface area contributed by atoms with Gasteiger partial charge in [-0.15, -0.1) is 0 Å². The average molecular weight is 206 g/mol. The highest BCUT2D eigenvalue weighted by Crippen LogP contribution is 2.32. The first-order chi connectivity index (χ1) is 7.24. The lowest BCUT2D eigenvalue weighted by Gasteiger charge is -2.05. The van der Waals surface area contributed by atoms with E-state index in [1.807, 2.05) is 0 Å². The third kappa shape index (κ3) is 1.57. The Labute approximate surface area is 87.1 Å². The maximum absolute atomic E-state index is 8.73. The minimum Gasteiger partial charge on any atom is -0.398 e. The van der Waals surface area contributed by atoms with Gasteiger partial charge in [0.15, 0.2) is 0 Å². The number of aliphatic hydroxyl groups is 1. The van der Waals surface area contributed by atoms with Crippen LogP contribution in [-0.2, 0) is 0 Å². The third-order valence-electron chi connectivity index (χ3n) is 2.33. The van der Waals surface area contributed by atoms with E-state index < -0.39 is 0 Å². The van der Waals surface area contributed by atoms with Crippen molar-refractivity contribution in [2.45, 2.75) is 0 Å². The molecule has 0 saturated carbocycles. The summed E-state index contributed by atoms with van der Waals surface area (Å²) in [5.74, 6) is 0. The number of hydrogen-bond acceptors (Lipinski definition) is 4. The molecule has 1 aromatic heterocycles. The fraction of sp³-hybridized carbons (Fsp3) is 0.200. The van der Waals surface area contributed by atoms with E-state index in [0.29, 0.717) is 17.9 Å². The van der Waals surface area contributed by atoms with Gasteiger partial charge in [0.05, 0.1) is 23.5 Å². The highest BCUT2D eigenvalue weighted by atomic mass is 16.3. The van der Waals surface area contributed by atoms with E-state index >= 15 is 0 Å². The summed E-state index contributed by atoms with van der Waals surface area (Å²) < 4.78 is 0. The molecule has 0 fully saturated rings. The Kier molecular flexibility index (Phi) is 2.39. The Balaban J connectivity index is 2.53. The Morgan fingerprint density at radius 3 is 2.73 bits per heavy atom. The number of anilines is 3. The van der Waals surface area contributed by atoms with E-state index in [4.69, 9.17) is 16.6 Å². The van der Waals surface area contributed by atoms with Gasteiger partial charge in [0.25, 0.3) is 0 Å². The molecule has 0 atom stereocenters. The maximum atomic E-state index is 8.73. The molecule has 0 aliphatic heterocycles. The molecule has 0 unspecified atom stereocenters. The van der Waals surface area contributed by atoms with Crippen LogP contribution in [0.4, 0.5) is 17.1 Å². The second-order valence-electron chi connectivity index (χ2n) is 3.35. The fourth-order valence-electron chi connectivity index (χ4n) is 1.63. The molecule has 2 aromatic rings. The van der Waals surface area contributed by atoms with Crippen LogP contribution in [0.5, 0.6) is 0 Å². The van der Waals surface area contributed by atoms with Gasteiger partial charge in [0, 0.05) is 23.8 Å². The van der Waals surface area contributed by atoms with Crippen molar-refractivity contribution in [2.24, 2.45) is 0 Å². The van der Waals surface area contributed by atoms with Crippen LogP contribution in [0.2, 0.25) is 0 Å². The van der Waals surface area contributed by atoms with Gasteiger partial charge in [-0.1, -0.05) is 0 Å². The van der Waals surface area contributed by atoms with E-state index in [1.165, 1.54) is 0 Å². The first-order valence-electron chi connectivity index (χ1n) is 4.74. The molecule has 7 N–H and O–H groups in total. The number of nitrogen functional groups attached to an aromatic ring is 2. The molecule has 0 amide bonds. The molecular weight excluding hydrogens is 192 g/mol. The summed E-state index contributed by atoms with van der Waals surface area (Å²) in [6, 6.07) is 3.54. The zero-order valence-corrected chi connectivity index (χ0v) is 8.25. The molecule has 0 aliphatic carbocycles. The number of nitrogens with one attached hydrogen (secondary N) is 2. The van der Waals surface area contributed by atoms with Gasteiger partial charge in [-0.05, 0) is 12.1 Å². The van der Waals surface area contributed by atoms with E-state index in [9.17, 15) is 0 Å². The fourth-order valence-corrected chi connectivity index (χ4v) is 1.63. The molecule has 15 heavy (non-hydrogen) atoms. The minimum atomic E-state index is 0.0783. The lowest BCUT2D eigenvalue weighted by atomic mass is 10.2. The minimum absolute atomic E-state index is 0.0783. The first kappa shape index (κ1) is 9.67. The smallest absolute Gasteiger partial charge is 0.0730 e. The predicted molar refractivity (Wildman–Crippen MR) is 62.7 cm³/mol. The summed E-state index contributed by atoms with van der Waals surface area (Å²) >= 11 is 0. The molecule has 0 bridgehead atoms. The van der Waals surface area contributed by atoms with Crippen molar-refractivity contribution in [3.63, 3.8) is 0 Å². The van der Waals surface area contributed by atoms with Gasteiger partial charge in [-0.25, -0.2) is 0 Å². The molecular formula is C10H14N4O. The topological polar surface area (TPSA) is 100 Å². The van der Waals surface area contributed by atoms with Crippen molar-refractivity contribution >= 4 is 28.0 Å². The summed E-state index contributed by atoms with van der Waals surface area (Å²) in [6.07, 6.45) is 1.80. The Bertz CT molecular complexity index is 477. The van der Waals surface area contributed by atoms with E-state index in [0.717, 1.165) is 16.6 Å². The monoisotopic (exact) mass is 206 g/mol. The molecule has 1 aromatic carbocycles. The van der Waals surface area contributed by atoms with Crippen molar-refractivity contribution in [1.29, 1.82) is 0 Å². The Morgan fingerprint density at radius 1 is 1.27 bits per heavy atom. The van der Waals surface area contributed by atoms with Crippen LogP contribution in [0, 0.1) is 0 Å². The number of H-pyrrole nitrogens is 1. The predicted octanol–water partition coefficient (Wildman–Crippen LogP) is 0.736. The standard InChI is InChI=1S/C10H14N4O/c11-6-1-2-7(12)10-9(6)8(5-14-10)13-3-4-15/h1-2,5,13-15H,3-4,11-12H2. The number of aliphatic hydroxyl groups excluding tert-OH is 1. The Morgan fingerprint density at radius 2 is 2.00 bits per heavy atom. The van der Waals surface area contributed by atoms with Crippen LogP contribution < -0.4 is 16.8 Å². The number of fused-ring (bicyclic) bond motifs is 1. The summed E-state index contributed by atoms with van der Waals surface area (Å²) in [7, 11) is 0. The van der Waals surface area contributed by atoms with Crippen LogP contribution in [0.3, 0.4) is 0 Å². The SMILES string of the molecule is Nc1ccc(N)c2c(NCCO)c[nH]c12. The number of nitrogens with two attached hydrogens (primary N) is 2. The van der Waals surface area contributed by atoms with E-state index in [2.05, 4.69) is 10.3 Å². The molecule has 5 nitrogen and oxygen atoms in total. The Hall–Kier alpha value is -1.88. The molecule has 80 valence electrons. The molecule has 2 rings (SSSR count). The molecule has 1 heterocycles. The lowest BCUT2D eigenvalue weighted by Crippen LogP contribution is -2.05. The summed E-state index contributed by atoms with van der Waals surface area (Å²) in [5, 5.41) is 12.7.